The molecule has 3 N–H and O–H groups in total. The van der Waals surface area contributed by atoms with Gasteiger partial charge in [-0.15, -0.1) is 0 Å². The fourth-order valence-corrected chi connectivity index (χ4v) is 3.52. The summed E-state index contributed by atoms with van der Waals surface area (Å²) in [4.78, 5) is 24.8. The third-order valence-corrected chi connectivity index (χ3v) is 4.91. The van der Waals surface area contributed by atoms with Gasteiger partial charge in [0.2, 0.25) is 0 Å². The summed E-state index contributed by atoms with van der Waals surface area (Å²) >= 11 is 0. The molecule has 0 aliphatic rings. The van der Waals surface area contributed by atoms with E-state index in [-0.39, 0.29) is 18.7 Å². The van der Waals surface area contributed by atoms with E-state index in [1.807, 2.05) is 58.2 Å². The molecule has 2 aromatic rings. The Labute approximate surface area is 185 Å². The molecular formula is C24H37N3O4. The summed E-state index contributed by atoms with van der Waals surface area (Å²) in [6.07, 6.45) is 6.87. The van der Waals surface area contributed by atoms with E-state index in [0.717, 1.165) is 48.6 Å². The highest BCUT2D eigenvalue weighted by Crippen LogP contribution is 2.22. The molecule has 0 spiro atoms. The Hall–Kier alpha value is -2.54. The Kier molecular flexibility index (Phi) is 9.37. The first-order chi connectivity index (χ1) is 14.7. The molecule has 172 valence electrons. The number of aliphatic hydroxyl groups excluding tert-OH is 1. The first-order valence-corrected chi connectivity index (χ1v) is 11.2. The Morgan fingerprint density at radius 2 is 1.77 bits per heavy atom. The number of benzene rings is 1. The number of hydrogen-bond donors (Lipinski definition) is 3. The van der Waals surface area contributed by atoms with Gasteiger partial charge in [-0.2, -0.15) is 0 Å². The smallest absolute Gasteiger partial charge is 0.407 e. The van der Waals surface area contributed by atoms with Gasteiger partial charge >= 0.3 is 12.1 Å². The van der Waals surface area contributed by atoms with Crippen LogP contribution in [-0.2, 0) is 11.2 Å². The van der Waals surface area contributed by atoms with Gasteiger partial charge in [-0.3, -0.25) is 4.57 Å². The topological polar surface area (TPSA) is 92.6 Å². The van der Waals surface area contributed by atoms with Gasteiger partial charge in [0.15, 0.2) is 0 Å². The molecule has 1 aromatic heterocycles. The van der Waals surface area contributed by atoms with Gasteiger partial charge in [0.25, 0.3) is 0 Å². The second kappa shape index (κ2) is 11.7. The molecule has 0 unspecified atom stereocenters. The Balaban J connectivity index is 1.98. The minimum atomic E-state index is -0.545. The van der Waals surface area contributed by atoms with Crippen LogP contribution in [0, 0.1) is 0 Å². The third kappa shape index (κ3) is 8.25. The zero-order chi connectivity index (χ0) is 22.9. The molecule has 1 heterocycles. The largest absolute Gasteiger partial charge is 0.444 e. The number of unbranched alkanes of at least 4 members (excludes halogenated alkanes) is 4. The number of hydrogen-bond acceptors (Lipinski definition) is 4. The van der Waals surface area contributed by atoms with Gasteiger partial charge in [0.05, 0.1) is 5.52 Å². The van der Waals surface area contributed by atoms with Crippen LogP contribution in [0.3, 0.4) is 0 Å². The number of aromatic nitrogens is 1. The van der Waals surface area contributed by atoms with Crippen LogP contribution in [-0.4, -0.2) is 46.6 Å². The number of nitrogens with zero attached hydrogens (tertiary/aromatic N) is 1. The van der Waals surface area contributed by atoms with Crippen LogP contribution in [0.1, 0.15) is 65.4 Å². The van der Waals surface area contributed by atoms with E-state index < -0.39 is 11.7 Å². The molecule has 0 aliphatic carbocycles. The van der Waals surface area contributed by atoms with E-state index in [9.17, 15) is 9.59 Å². The molecule has 31 heavy (non-hydrogen) atoms. The fourth-order valence-electron chi connectivity index (χ4n) is 3.52. The van der Waals surface area contributed by atoms with Crippen LogP contribution in [0.2, 0.25) is 0 Å². The van der Waals surface area contributed by atoms with Crippen molar-refractivity contribution in [3.8, 4) is 0 Å². The average molecular weight is 432 g/mol. The maximum absolute atomic E-state index is 12.8. The van der Waals surface area contributed by atoms with Crippen molar-refractivity contribution in [3.05, 3.63) is 36.0 Å². The zero-order valence-corrected chi connectivity index (χ0v) is 19.2. The number of fused-ring (bicyclic) bond motifs is 1. The average Bonchev–Trinajstić information content (AvgIpc) is 3.04. The lowest BCUT2D eigenvalue weighted by molar-refractivity contribution is 0.0508. The molecule has 0 aliphatic heterocycles. The third-order valence-electron chi connectivity index (χ3n) is 4.91. The molecule has 1 atom stereocenters. The fraction of sp³-hybridized carbons (Fsp3) is 0.583. The van der Waals surface area contributed by atoms with Crippen LogP contribution in [0.4, 0.5) is 9.59 Å². The van der Waals surface area contributed by atoms with Crippen molar-refractivity contribution < 1.29 is 19.4 Å². The van der Waals surface area contributed by atoms with Crippen molar-refractivity contribution in [1.82, 2.24) is 15.2 Å². The van der Waals surface area contributed by atoms with Crippen LogP contribution < -0.4 is 10.6 Å². The highest BCUT2D eigenvalue weighted by Gasteiger charge is 2.19. The summed E-state index contributed by atoms with van der Waals surface area (Å²) < 4.78 is 6.98. The number of para-hydroxylation sites is 1. The summed E-state index contributed by atoms with van der Waals surface area (Å²) in [5.41, 5.74) is 1.30. The first kappa shape index (κ1) is 24.7. The molecule has 0 fully saturated rings. The maximum Gasteiger partial charge on any atom is 0.407 e. The zero-order valence-electron chi connectivity index (χ0n) is 19.2. The lowest BCUT2D eigenvalue weighted by atomic mass is 10.1. The van der Waals surface area contributed by atoms with Crippen molar-refractivity contribution in [2.75, 3.05) is 13.2 Å². The van der Waals surface area contributed by atoms with Crippen molar-refractivity contribution in [2.45, 2.75) is 77.9 Å². The van der Waals surface area contributed by atoms with Crippen LogP contribution >= 0.6 is 0 Å². The number of carbonyl (C=O) groups is 2. The monoisotopic (exact) mass is 431 g/mol. The quantitative estimate of drug-likeness (QED) is 0.480. The summed E-state index contributed by atoms with van der Waals surface area (Å²) in [6, 6.07) is 7.50. The van der Waals surface area contributed by atoms with Crippen molar-refractivity contribution in [3.63, 3.8) is 0 Å². The SMILES string of the molecule is C[C@H](Cc1cn(C(=O)NCCCCCCCO)c2ccccc12)NC(=O)OC(C)(C)C. The number of aliphatic hydroxyl groups is 1. The van der Waals surface area contributed by atoms with E-state index in [1.165, 1.54) is 0 Å². The van der Waals surface area contributed by atoms with E-state index >= 15 is 0 Å². The second-order valence-electron chi connectivity index (χ2n) is 9.02. The van der Waals surface area contributed by atoms with Crippen molar-refractivity contribution in [1.29, 1.82) is 0 Å². The highest BCUT2D eigenvalue weighted by atomic mass is 16.6. The van der Waals surface area contributed by atoms with Crippen LogP contribution in [0.15, 0.2) is 30.5 Å². The Morgan fingerprint density at radius 3 is 2.48 bits per heavy atom. The Morgan fingerprint density at radius 1 is 1.10 bits per heavy atom. The predicted molar refractivity (Wildman–Crippen MR) is 123 cm³/mol. The molecular weight excluding hydrogens is 394 g/mol. The molecule has 7 heteroatoms. The van der Waals surface area contributed by atoms with Gasteiger partial charge in [-0.1, -0.05) is 37.5 Å². The van der Waals surface area contributed by atoms with Gasteiger partial charge in [-0.05, 0) is 58.6 Å². The molecule has 2 rings (SSSR count). The van der Waals surface area contributed by atoms with Gasteiger partial charge in [0.1, 0.15) is 5.60 Å². The predicted octanol–water partition coefficient (Wildman–Crippen LogP) is 4.60. The minimum Gasteiger partial charge on any atom is -0.444 e. The van der Waals surface area contributed by atoms with E-state index in [4.69, 9.17) is 9.84 Å². The summed E-state index contributed by atoms with van der Waals surface area (Å²) in [7, 11) is 0. The number of ether oxygens (including phenoxy) is 1. The summed E-state index contributed by atoms with van der Waals surface area (Å²) in [6.45, 7) is 8.28. The molecule has 0 radical (unpaired) electrons. The molecule has 0 saturated carbocycles. The normalized spacial score (nSPS) is 12.5. The molecule has 0 saturated heterocycles. The first-order valence-electron chi connectivity index (χ1n) is 11.2. The van der Waals surface area contributed by atoms with Crippen LogP contribution in [0.5, 0.6) is 0 Å². The number of nitrogens with one attached hydrogen (secondary N) is 2. The molecule has 0 bridgehead atoms. The number of carbonyl (C=O) groups excluding carboxylic acids is 2. The number of rotatable bonds is 10. The molecule has 2 amide bonds. The Bertz CT molecular complexity index is 854. The lowest BCUT2D eigenvalue weighted by Crippen LogP contribution is -2.38. The molecule has 1 aromatic carbocycles. The van der Waals surface area contributed by atoms with Gasteiger partial charge in [0, 0.05) is 30.8 Å². The van der Waals surface area contributed by atoms with E-state index in [0.29, 0.717) is 13.0 Å². The number of amides is 2. The van der Waals surface area contributed by atoms with E-state index in [2.05, 4.69) is 10.6 Å². The van der Waals surface area contributed by atoms with E-state index in [1.54, 1.807) is 4.57 Å². The number of alkyl carbamates (subject to hydrolysis) is 1. The lowest BCUT2D eigenvalue weighted by Gasteiger charge is -2.21. The summed E-state index contributed by atoms with van der Waals surface area (Å²) in [5.74, 6) is 0. The second-order valence-corrected chi connectivity index (χ2v) is 9.02. The van der Waals surface area contributed by atoms with Crippen molar-refractivity contribution >= 4 is 23.0 Å². The standard InChI is InChI=1S/C24H37N3O4/c1-18(26-23(30)31-24(2,3)4)16-19-17-27(21-13-9-8-12-20(19)21)22(29)25-14-10-6-5-7-11-15-28/h8-9,12-13,17-18,28H,5-7,10-11,14-16H2,1-4H3,(H,25,29)(H,26,30)/t18-/m1/s1. The highest BCUT2D eigenvalue weighted by molar-refractivity contribution is 5.93. The maximum atomic E-state index is 12.8. The van der Waals surface area contributed by atoms with Crippen LogP contribution in [0.25, 0.3) is 10.9 Å². The molecule has 7 nitrogen and oxygen atoms in total. The van der Waals surface area contributed by atoms with Crippen molar-refractivity contribution in [2.24, 2.45) is 0 Å². The van der Waals surface area contributed by atoms with Gasteiger partial charge in [-0.25, -0.2) is 9.59 Å². The summed E-state index contributed by atoms with van der Waals surface area (Å²) in [5, 5.41) is 15.7. The van der Waals surface area contributed by atoms with Gasteiger partial charge < -0.3 is 20.5 Å². The minimum absolute atomic E-state index is 0.143.